The van der Waals surface area contributed by atoms with Gasteiger partial charge in [0.05, 0.1) is 45.6 Å². The molecule has 2 aromatic carbocycles. The van der Waals surface area contributed by atoms with E-state index in [-0.39, 0.29) is 53.4 Å². The molecule has 4 aliphatic heterocycles. The van der Waals surface area contributed by atoms with Gasteiger partial charge in [-0.3, -0.25) is 43.8 Å². The number of aryl methyl sites for hydroxylation is 1. The minimum Gasteiger partial charge on any atom is -0.490 e. The summed E-state index contributed by atoms with van der Waals surface area (Å²) in [5, 5.41) is 28.6. The molecular formula is C43H46FN11O6. The van der Waals surface area contributed by atoms with Crippen LogP contribution in [0.1, 0.15) is 88.1 Å². The second-order valence-corrected chi connectivity index (χ2v) is 16.6. The summed E-state index contributed by atoms with van der Waals surface area (Å²) in [6.45, 7) is 5.06. The van der Waals surface area contributed by atoms with Gasteiger partial charge in [-0.2, -0.15) is 10.4 Å². The molecule has 2 aromatic heterocycles. The lowest BCUT2D eigenvalue weighted by Crippen LogP contribution is -2.54. The summed E-state index contributed by atoms with van der Waals surface area (Å²) in [6, 6.07) is 10.8. The van der Waals surface area contributed by atoms with Crippen molar-refractivity contribution in [3.05, 3.63) is 70.8 Å². The molecule has 1 aliphatic carbocycles. The number of halogens is 1. The van der Waals surface area contributed by atoms with Crippen molar-refractivity contribution in [2.75, 3.05) is 55.6 Å². The quantitative estimate of drug-likeness (QED) is 0.234. The van der Waals surface area contributed by atoms with Crippen LogP contribution in [0.15, 0.2) is 42.6 Å². The zero-order chi connectivity index (χ0) is 42.4. The molecule has 316 valence electrons. The molecule has 5 amide bonds. The van der Waals surface area contributed by atoms with E-state index in [1.54, 1.807) is 23.0 Å². The van der Waals surface area contributed by atoms with E-state index in [1.807, 2.05) is 24.1 Å². The number of fused-ring (bicyclic) bond motifs is 2. The Balaban J connectivity index is 0.709. The summed E-state index contributed by atoms with van der Waals surface area (Å²) < 4.78 is 23.5. The minimum absolute atomic E-state index is 0.00180. The summed E-state index contributed by atoms with van der Waals surface area (Å²) >= 11 is 0. The maximum Gasteiger partial charge on any atom is 0.272 e. The van der Waals surface area contributed by atoms with Gasteiger partial charge < -0.3 is 19.9 Å². The second-order valence-electron chi connectivity index (χ2n) is 16.6. The number of aromatic nitrogens is 4. The van der Waals surface area contributed by atoms with Crippen molar-refractivity contribution < 1.29 is 33.1 Å². The van der Waals surface area contributed by atoms with Gasteiger partial charge in [0.2, 0.25) is 11.8 Å². The van der Waals surface area contributed by atoms with Crippen LogP contribution in [0.2, 0.25) is 0 Å². The molecule has 0 spiro atoms. The molecule has 17 nitrogen and oxygen atoms in total. The van der Waals surface area contributed by atoms with Crippen molar-refractivity contribution in [2.24, 2.45) is 13.0 Å². The molecule has 2 N–H and O–H groups in total. The molecule has 0 radical (unpaired) electrons. The topological polar surface area (TPSA) is 199 Å². The highest BCUT2D eigenvalue weighted by atomic mass is 19.1. The molecular weight excluding hydrogens is 786 g/mol. The molecule has 1 unspecified atom stereocenters. The number of nitrogens with one attached hydrogen (secondary N) is 2. The molecule has 1 saturated carbocycles. The number of nitriles is 1. The van der Waals surface area contributed by atoms with E-state index in [9.17, 15) is 29.2 Å². The SMILES string of the molecule is Cn1ncc2c(OC3CCC(NC(=O)c4ccc(N5CCC(CN6CCN(c7cc8c(cc7F)C(=O)N(C7CCC(=O)NC7=O)C8=O)CC6)CC5)nn4)CC3)ccc(C#N)c21. The Bertz CT molecular complexity index is 2440. The zero-order valence-electron chi connectivity index (χ0n) is 33.8. The number of piperidine rings is 2. The Morgan fingerprint density at radius 3 is 2.33 bits per heavy atom. The predicted octanol–water partition coefficient (Wildman–Crippen LogP) is 2.93. The Morgan fingerprint density at radius 2 is 1.64 bits per heavy atom. The van der Waals surface area contributed by atoms with Gasteiger partial charge in [-0.05, 0) is 87.3 Å². The van der Waals surface area contributed by atoms with Crippen LogP contribution in [-0.2, 0) is 16.6 Å². The van der Waals surface area contributed by atoms with Crippen molar-refractivity contribution in [1.82, 2.24) is 40.4 Å². The molecule has 1 atom stereocenters. The van der Waals surface area contributed by atoms with Crippen molar-refractivity contribution in [3.63, 3.8) is 0 Å². The van der Waals surface area contributed by atoms with Gasteiger partial charge in [0.25, 0.3) is 17.7 Å². The Labute approximate surface area is 350 Å². The number of imide groups is 2. The van der Waals surface area contributed by atoms with Crippen molar-refractivity contribution in [2.45, 2.75) is 69.6 Å². The number of anilines is 2. The molecule has 0 bridgehead atoms. The summed E-state index contributed by atoms with van der Waals surface area (Å²) in [4.78, 5) is 70.9. The predicted molar refractivity (Wildman–Crippen MR) is 218 cm³/mol. The molecule has 6 heterocycles. The van der Waals surface area contributed by atoms with Crippen LogP contribution in [-0.4, -0.2) is 123 Å². The van der Waals surface area contributed by atoms with Gasteiger partial charge in [-0.15, -0.1) is 10.2 Å². The monoisotopic (exact) mass is 831 g/mol. The van der Waals surface area contributed by atoms with E-state index in [1.165, 1.54) is 6.07 Å². The number of hydrogen-bond donors (Lipinski definition) is 2. The average Bonchev–Trinajstić information content (AvgIpc) is 3.77. The Hall–Kier alpha value is -6.48. The number of nitrogens with zero attached hydrogens (tertiary/aromatic N) is 9. The summed E-state index contributed by atoms with van der Waals surface area (Å²) in [5.74, 6) is -1.46. The molecule has 9 rings (SSSR count). The first-order valence-electron chi connectivity index (χ1n) is 21.0. The van der Waals surface area contributed by atoms with Gasteiger partial charge >= 0.3 is 0 Å². The third kappa shape index (κ3) is 7.85. The highest BCUT2D eigenvalue weighted by Gasteiger charge is 2.45. The van der Waals surface area contributed by atoms with Crippen LogP contribution in [0.5, 0.6) is 5.75 Å². The van der Waals surface area contributed by atoms with Crippen LogP contribution in [0.25, 0.3) is 10.9 Å². The maximum absolute atomic E-state index is 15.4. The smallest absolute Gasteiger partial charge is 0.272 e. The van der Waals surface area contributed by atoms with Crippen LogP contribution in [0.3, 0.4) is 0 Å². The third-order valence-corrected chi connectivity index (χ3v) is 12.8. The first-order chi connectivity index (χ1) is 29.5. The number of carbonyl (C=O) groups is 5. The zero-order valence-corrected chi connectivity index (χ0v) is 33.8. The van der Waals surface area contributed by atoms with Crippen LogP contribution >= 0.6 is 0 Å². The van der Waals surface area contributed by atoms with E-state index in [0.717, 1.165) is 85.8 Å². The fraction of sp³-hybridized carbons (Fsp3) is 0.465. The number of rotatable bonds is 9. The van der Waals surface area contributed by atoms with Crippen molar-refractivity contribution in [3.8, 4) is 11.8 Å². The highest BCUT2D eigenvalue weighted by molar-refractivity contribution is 6.23. The van der Waals surface area contributed by atoms with Crippen molar-refractivity contribution >= 4 is 51.9 Å². The minimum atomic E-state index is -1.10. The van der Waals surface area contributed by atoms with E-state index in [0.29, 0.717) is 43.4 Å². The molecule has 4 aromatic rings. The maximum atomic E-state index is 15.4. The van der Waals surface area contributed by atoms with Gasteiger partial charge in [0, 0.05) is 65.3 Å². The lowest BCUT2D eigenvalue weighted by molar-refractivity contribution is -0.136. The molecule has 18 heteroatoms. The largest absolute Gasteiger partial charge is 0.490 e. The fourth-order valence-electron chi connectivity index (χ4n) is 9.44. The first-order valence-corrected chi connectivity index (χ1v) is 21.0. The molecule has 4 fully saturated rings. The lowest BCUT2D eigenvalue weighted by atomic mass is 9.92. The highest BCUT2D eigenvalue weighted by Crippen LogP contribution is 2.34. The summed E-state index contributed by atoms with van der Waals surface area (Å²) in [7, 11) is 1.81. The first kappa shape index (κ1) is 40.0. The number of benzene rings is 2. The van der Waals surface area contributed by atoms with E-state index < -0.39 is 35.5 Å². The average molecular weight is 832 g/mol. The van der Waals surface area contributed by atoms with Gasteiger partial charge in [0.15, 0.2) is 11.5 Å². The second kappa shape index (κ2) is 16.5. The summed E-state index contributed by atoms with van der Waals surface area (Å²) in [5.41, 5.74) is 1.84. The Morgan fingerprint density at radius 1 is 0.902 bits per heavy atom. The number of carbonyl (C=O) groups excluding carboxylic acids is 5. The van der Waals surface area contributed by atoms with Crippen molar-refractivity contribution in [1.29, 1.82) is 5.26 Å². The van der Waals surface area contributed by atoms with Gasteiger partial charge in [0.1, 0.15) is 23.7 Å². The van der Waals surface area contributed by atoms with Crippen LogP contribution in [0.4, 0.5) is 15.9 Å². The third-order valence-electron chi connectivity index (χ3n) is 12.8. The molecule has 5 aliphatic rings. The normalized spacial score (nSPS) is 22.6. The standard InChI is InChI=1S/C43H46FN11O6/c1-51-39-26(22-45)2-9-36(31(39)23-46-51)61-28-5-3-27(4-6-28)47-40(57)33-7-10-37(50-49-33)54-14-12-25(13-15-54)24-52-16-18-53(19-17-52)35-21-30-29(20-32(35)44)42(59)55(43(30)60)34-8-11-38(56)48-41(34)58/h2,7,9-10,20-21,23,25,27-28,34H,3-6,8,11-19,24H2,1H3,(H,47,57)(H,48,56,58). The Kier molecular flexibility index (Phi) is 10.8. The van der Waals surface area contributed by atoms with E-state index in [2.05, 4.69) is 41.8 Å². The van der Waals surface area contributed by atoms with Crippen LogP contribution in [0, 0.1) is 23.1 Å². The number of amides is 5. The van der Waals surface area contributed by atoms with Gasteiger partial charge in [-0.1, -0.05) is 0 Å². The lowest BCUT2D eigenvalue weighted by Gasteiger charge is -2.39. The van der Waals surface area contributed by atoms with E-state index in [4.69, 9.17) is 4.74 Å². The fourth-order valence-corrected chi connectivity index (χ4v) is 9.44. The van der Waals surface area contributed by atoms with E-state index >= 15 is 4.39 Å². The number of ether oxygens (including phenoxy) is 1. The van der Waals surface area contributed by atoms with Gasteiger partial charge in [-0.25, -0.2) is 4.39 Å². The molecule has 61 heavy (non-hydrogen) atoms. The molecule has 3 saturated heterocycles. The van der Waals surface area contributed by atoms with Crippen LogP contribution < -0.4 is 25.2 Å². The summed E-state index contributed by atoms with van der Waals surface area (Å²) in [6.07, 6.45) is 6.81. The number of hydrogen-bond acceptors (Lipinski definition) is 13. The number of piperazine rings is 1.